The van der Waals surface area contributed by atoms with Gasteiger partial charge in [-0.2, -0.15) is 8.78 Å². The Balaban J connectivity index is 2.95. The first kappa shape index (κ1) is 17.3. The molecule has 0 radical (unpaired) electrons. The van der Waals surface area contributed by atoms with Gasteiger partial charge >= 0.3 is 6.61 Å². The molecule has 0 aliphatic heterocycles. The number of pyridine rings is 1. The van der Waals surface area contributed by atoms with Crippen LogP contribution in [0.15, 0.2) is 23.5 Å². The van der Waals surface area contributed by atoms with E-state index in [4.69, 9.17) is 17.3 Å². The highest BCUT2D eigenvalue weighted by Crippen LogP contribution is 2.28. The van der Waals surface area contributed by atoms with Crippen molar-refractivity contribution in [1.29, 1.82) is 0 Å². The molecule has 0 aliphatic rings. The number of rotatable bonds is 7. The zero-order valence-electron chi connectivity index (χ0n) is 11.8. The van der Waals surface area contributed by atoms with Gasteiger partial charge in [0.05, 0.1) is 6.54 Å². The van der Waals surface area contributed by atoms with Crippen molar-refractivity contribution in [3.63, 3.8) is 0 Å². The first-order chi connectivity index (χ1) is 9.93. The van der Waals surface area contributed by atoms with E-state index in [1.165, 1.54) is 24.7 Å². The molecule has 0 unspecified atom stereocenters. The number of nitrogens with two attached hydrogens (primary N) is 1. The number of alkyl halides is 2. The molecule has 0 amide bonds. The zero-order chi connectivity index (χ0) is 15.8. The molecule has 116 valence electrons. The Morgan fingerprint density at radius 1 is 1.57 bits per heavy atom. The number of aromatic nitrogens is 1. The van der Waals surface area contributed by atoms with Crippen LogP contribution in [0.2, 0.25) is 5.15 Å². The minimum Gasteiger partial charge on any atom is -0.434 e. The summed E-state index contributed by atoms with van der Waals surface area (Å²) >= 11 is 5.68. The lowest BCUT2D eigenvalue weighted by molar-refractivity contribution is -0.0500. The minimum absolute atomic E-state index is 0.0512. The van der Waals surface area contributed by atoms with Crippen LogP contribution in [0.3, 0.4) is 0 Å². The van der Waals surface area contributed by atoms with E-state index in [9.17, 15) is 8.78 Å². The third kappa shape index (κ3) is 6.05. The molecular formula is C13H17ClF2N4O. The average Bonchev–Trinajstić information content (AvgIpc) is 2.39. The lowest BCUT2D eigenvalue weighted by Gasteiger charge is -2.11. The maximum Gasteiger partial charge on any atom is 0.387 e. The van der Waals surface area contributed by atoms with Crippen LogP contribution < -0.4 is 10.5 Å². The van der Waals surface area contributed by atoms with Crippen molar-refractivity contribution in [1.82, 2.24) is 9.88 Å². The Hall–Kier alpha value is -1.73. The van der Waals surface area contributed by atoms with E-state index in [1.807, 2.05) is 19.0 Å². The van der Waals surface area contributed by atoms with E-state index in [2.05, 4.69) is 14.7 Å². The van der Waals surface area contributed by atoms with Crippen molar-refractivity contribution in [2.24, 2.45) is 10.7 Å². The highest BCUT2D eigenvalue weighted by atomic mass is 35.5. The molecule has 1 rings (SSSR count). The summed E-state index contributed by atoms with van der Waals surface area (Å²) in [7, 11) is 3.85. The first-order valence-electron chi connectivity index (χ1n) is 6.11. The van der Waals surface area contributed by atoms with Crippen molar-refractivity contribution in [3.05, 3.63) is 29.2 Å². The monoisotopic (exact) mass is 318 g/mol. The standard InChI is InChI=1S/C13H17ClF2N4O/c1-20(2)4-3-18-7-9(6-17)10-8-19-12(14)5-11(10)21-13(15)16/h5-8,13H,3-4,17H2,1-2H3/b9-6+,18-7?. The van der Waals surface area contributed by atoms with Crippen LogP contribution >= 0.6 is 11.6 Å². The molecule has 0 bridgehead atoms. The molecule has 1 aromatic heterocycles. The number of allylic oxidation sites excluding steroid dienone is 1. The largest absolute Gasteiger partial charge is 0.434 e. The molecule has 1 aromatic rings. The molecule has 0 saturated carbocycles. The second kappa shape index (κ2) is 8.53. The normalized spacial score (nSPS) is 12.6. The van der Waals surface area contributed by atoms with Gasteiger partial charge in [-0.15, -0.1) is 0 Å². The summed E-state index contributed by atoms with van der Waals surface area (Å²) in [6.45, 7) is -1.66. The lowest BCUT2D eigenvalue weighted by Crippen LogP contribution is -2.15. The van der Waals surface area contributed by atoms with Gasteiger partial charge in [0, 0.05) is 42.4 Å². The van der Waals surface area contributed by atoms with Crippen molar-refractivity contribution in [3.8, 4) is 5.75 Å². The quantitative estimate of drug-likeness (QED) is 0.619. The van der Waals surface area contributed by atoms with Gasteiger partial charge < -0.3 is 15.4 Å². The third-order valence-corrected chi connectivity index (χ3v) is 2.65. The highest BCUT2D eigenvalue weighted by Gasteiger charge is 2.13. The molecule has 0 spiro atoms. The SMILES string of the molecule is CN(C)CCN=C/C(=C\N)c1cnc(Cl)cc1OC(F)F. The van der Waals surface area contributed by atoms with Crippen LogP contribution in [0.4, 0.5) is 8.78 Å². The van der Waals surface area contributed by atoms with Crippen molar-refractivity contribution in [2.75, 3.05) is 27.2 Å². The summed E-state index contributed by atoms with van der Waals surface area (Å²) in [6, 6.07) is 1.21. The molecule has 5 nitrogen and oxygen atoms in total. The summed E-state index contributed by atoms with van der Waals surface area (Å²) in [5, 5.41) is 0.0512. The fraction of sp³-hybridized carbons (Fsp3) is 0.385. The zero-order valence-corrected chi connectivity index (χ0v) is 12.5. The smallest absolute Gasteiger partial charge is 0.387 e. The van der Waals surface area contributed by atoms with E-state index in [0.29, 0.717) is 17.7 Å². The number of ether oxygens (including phenoxy) is 1. The Labute approximate surface area is 127 Å². The Morgan fingerprint density at radius 2 is 2.29 bits per heavy atom. The second-order valence-electron chi connectivity index (χ2n) is 4.34. The highest BCUT2D eigenvalue weighted by molar-refractivity contribution is 6.29. The topological polar surface area (TPSA) is 63.7 Å². The maximum absolute atomic E-state index is 12.4. The van der Waals surface area contributed by atoms with Gasteiger partial charge in [0.15, 0.2) is 0 Å². The lowest BCUT2D eigenvalue weighted by atomic mass is 10.1. The van der Waals surface area contributed by atoms with Gasteiger partial charge in [-0.05, 0) is 14.1 Å². The number of aliphatic imine (C=N–C) groups is 1. The Morgan fingerprint density at radius 3 is 2.86 bits per heavy atom. The second-order valence-corrected chi connectivity index (χ2v) is 4.73. The van der Waals surface area contributed by atoms with Crippen molar-refractivity contribution in [2.45, 2.75) is 6.61 Å². The molecule has 21 heavy (non-hydrogen) atoms. The van der Waals surface area contributed by atoms with E-state index >= 15 is 0 Å². The van der Waals surface area contributed by atoms with Gasteiger partial charge in [-0.1, -0.05) is 11.6 Å². The van der Waals surface area contributed by atoms with Crippen LogP contribution in [-0.4, -0.2) is 49.9 Å². The average molecular weight is 319 g/mol. The first-order valence-corrected chi connectivity index (χ1v) is 6.49. The Kier molecular flexibility index (Phi) is 7.04. The fourth-order valence-electron chi connectivity index (χ4n) is 1.45. The molecular weight excluding hydrogens is 302 g/mol. The number of hydrogen-bond acceptors (Lipinski definition) is 5. The van der Waals surface area contributed by atoms with E-state index in [-0.39, 0.29) is 10.9 Å². The molecule has 1 heterocycles. The third-order valence-electron chi connectivity index (χ3n) is 2.45. The molecule has 0 atom stereocenters. The van der Waals surface area contributed by atoms with Gasteiger partial charge in [-0.3, -0.25) is 4.99 Å². The van der Waals surface area contributed by atoms with Crippen LogP contribution in [0, 0.1) is 0 Å². The summed E-state index contributed by atoms with van der Waals surface area (Å²) < 4.78 is 29.3. The van der Waals surface area contributed by atoms with Crippen LogP contribution in [0.1, 0.15) is 5.56 Å². The molecule has 2 N–H and O–H groups in total. The Bertz CT molecular complexity index is 521. The summed E-state index contributed by atoms with van der Waals surface area (Å²) in [4.78, 5) is 10.0. The molecule has 0 aliphatic carbocycles. The maximum atomic E-state index is 12.4. The van der Waals surface area contributed by atoms with Gasteiger partial charge in [0.1, 0.15) is 10.9 Å². The number of nitrogens with zero attached hydrogens (tertiary/aromatic N) is 3. The number of hydrogen-bond donors (Lipinski definition) is 1. The van der Waals surface area contributed by atoms with E-state index in [1.54, 1.807) is 0 Å². The van der Waals surface area contributed by atoms with Crippen molar-refractivity contribution < 1.29 is 13.5 Å². The fourth-order valence-corrected chi connectivity index (χ4v) is 1.59. The minimum atomic E-state index is -2.97. The van der Waals surface area contributed by atoms with E-state index in [0.717, 1.165) is 6.54 Å². The summed E-state index contributed by atoms with van der Waals surface area (Å²) in [6.07, 6.45) is 4.06. The van der Waals surface area contributed by atoms with Crippen LogP contribution in [0.25, 0.3) is 5.57 Å². The molecule has 0 aromatic carbocycles. The van der Waals surface area contributed by atoms with Crippen molar-refractivity contribution >= 4 is 23.4 Å². The van der Waals surface area contributed by atoms with Crippen LogP contribution in [-0.2, 0) is 0 Å². The summed E-state index contributed by atoms with van der Waals surface area (Å²) in [5.74, 6) is -0.0965. The van der Waals surface area contributed by atoms with Gasteiger partial charge in [0.25, 0.3) is 0 Å². The predicted octanol–water partition coefficient (Wildman–Crippen LogP) is 2.27. The van der Waals surface area contributed by atoms with Gasteiger partial charge in [-0.25, -0.2) is 4.98 Å². The predicted molar refractivity (Wildman–Crippen MR) is 80.0 cm³/mol. The van der Waals surface area contributed by atoms with Gasteiger partial charge in [0.2, 0.25) is 0 Å². The number of halogens is 3. The molecule has 0 fully saturated rings. The number of likely N-dealkylation sites (N-methyl/N-ethyl adjacent to an activating group) is 1. The van der Waals surface area contributed by atoms with E-state index < -0.39 is 6.61 Å². The summed E-state index contributed by atoms with van der Waals surface area (Å²) in [5.41, 5.74) is 6.24. The molecule has 8 heteroatoms. The van der Waals surface area contributed by atoms with Crippen LogP contribution in [0.5, 0.6) is 5.75 Å². The molecule has 0 saturated heterocycles.